The highest BCUT2D eigenvalue weighted by molar-refractivity contribution is 5.85. The van der Waals surface area contributed by atoms with Gasteiger partial charge in [-0.3, -0.25) is 0 Å². The van der Waals surface area contributed by atoms with Crippen LogP contribution in [-0.4, -0.2) is 11.1 Å². The summed E-state index contributed by atoms with van der Waals surface area (Å²) in [5.41, 5.74) is -0.873. The van der Waals surface area contributed by atoms with Gasteiger partial charge in [0.15, 0.2) is 0 Å². The van der Waals surface area contributed by atoms with Crippen LogP contribution in [0.2, 0.25) is 0 Å². The Bertz CT molecular complexity index is 433. The second kappa shape index (κ2) is 4.38. The largest absolute Gasteiger partial charge is 0.478 e. The van der Waals surface area contributed by atoms with Gasteiger partial charge in [-0.2, -0.15) is 13.2 Å². The van der Waals surface area contributed by atoms with Crippen LogP contribution in [0.15, 0.2) is 24.3 Å². The molecule has 0 unspecified atom stereocenters. The van der Waals surface area contributed by atoms with Crippen LogP contribution in [0.25, 0.3) is 6.08 Å². The van der Waals surface area contributed by atoms with E-state index in [0.29, 0.717) is 6.08 Å². The zero-order valence-electron chi connectivity index (χ0n) is 8.38. The molecule has 0 heterocycles. The maximum Gasteiger partial charge on any atom is 0.417 e. The van der Waals surface area contributed by atoms with Gasteiger partial charge in [-0.15, -0.1) is 0 Å². The topological polar surface area (TPSA) is 37.3 Å². The van der Waals surface area contributed by atoms with Gasteiger partial charge in [0.1, 0.15) is 0 Å². The highest BCUT2D eigenvalue weighted by atomic mass is 19.4. The lowest BCUT2D eigenvalue weighted by atomic mass is 10.0. The van der Waals surface area contributed by atoms with Crippen molar-refractivity contribution >= 4 is 12.0 Å². The lowest BCUT2D eigenvalue weighted by Crippen LogP contribution is -2.09. The number of aryl methyl sites for hydroxylation is 1. The van der Waals surface area contributed by atoms with E-state index >= 15 is 0 Å². The monoisotopic (exact) mass is 230 g/mol. The minimum atomic E-state index is -4.48. The van der Waals surface area contributed by atoms with Crippen LogP contribution < -0.4 is 0 Å². The number of carboxylic acids is 1. The third-order valence-electron chi connectivity index (χ3n) is 1.99. The van der Waals surface area contributed by atoms with Gasteiger partial charge in [0.05, 0.1) is 5.56 Å². The molecule has 0 atom stereocenters. The molecule has 16 heavy (non-hydrogen) atoms. The van der Waals surface area contributed by atoms with Crippen molar-refractivity contribution in [2.75, 3.05) is 0 Å². The van der Waals surface area contributed by atoms with Gasteiger partial charge >= 0.3 is 12.1 Å². The Balaban J connectivity index is 3.29. The Morgan fingerprint density at radius 1 is 1.38 bits per heavy atom. The fourth-order valence-corrected chi connectivity index (χ4v) is 1.38. The molecule has 0 aliphatic rings. The maximum atomic E-state index is 12.7. The van der Waals surface area contributed by atoms with E-state index in [1.54, 1.807) is 0 Å². The summed E-state index contributed by atoms with van der Waals surface area (Å²) < 4.78 is 38.0. The van der Waals surface area contributed by atoms with Crippen molar-refractivity contribution in [1.29, 1.82) is 0 Å². The molecule has 0 bridgehead atoms. The number of carbonyl (C=O) groups is 1. The lowest BCUT2D eigenvalue weighted by Gasteiger charge is -2.12. The average Bonchev–Trinajstić information content (AvgIpc) is 2.12. The van der Waals surface area contributed by atoms with Gasteiger partial charge in [0, 0.05) is 6.08 Å². The molecule has 1 aromatic rings. The molecule has 0 amide bonds. The quantitative estimate of drug-likeness (QED) is 0.792. The third-order valence-corrected chi connectivity index (χ3v) is 1.99. The van der Waals surface area contributed by atoms with Crippen LogP contribution in [0.1, 0.15) is 16.7 Å². The first-order chi connectivity index (χ1) is 7.32. The summed E-state index contributed by atoms with van der Waals surface area (Å²) in [5, 5.41) is 8.37. The van der Waals surface area contributed by atoms with Crippen molar-refractivity contribution in [1.82, 2.24) is 0 Å². The number of rotatable bonds is 2. The van der Waals surface area contributed by atoms with E-state index in [2.05, 4.69) is 0 Å². The molecule has 0 aromatic heterocycles. The Hall–Kier alpha value is -1.78. The molecule has 2 nitrogen and oxygen atoms in total. The van der Waals surface area contributed by atoms with Gasteiger partial charge in [-0.1, -0.05) is 18.2 Å². The summed E-state index contributed by atoms with van der Waals surface area (Å²) in [7, 11) is 0. The fourth-order valence-electron chi connectivity index (χ4n) is 1.38. The van der Waals surface area contributed by atoms with Crippen molar-refractivity contribution in [2.45, 2.75) is 13.1 Å². The van der Waals surface area contributed by atoms with Crippen molar-refractivity contribution in [3.63, 3.8) is 0 Å². The van der Waals surface area contributed by atoms with E-state index in [-0.39, 0.29) is 11.1 Å². The molecular weight excluding hydrogens is 221 g/mol. The summed E-state index contributed by atoms with van der Waals surface area (Å²) in [6.07, 6.45) is -2.86. The Morgan fingerprint density at radius 2 is 2.00 bits per heavy atom. The van der Waals surface area contributed by atoms with E-state index in [1.165, 1.54) is 25.1 Å². The van der Waals surface area contributed by atoms with Crippen molar-refractivity contribution in [2.24, 2.45) is 0 Å². The smallest absolute Gasteiger partial charge is 0.417 e. The first-order valence-electron chi connectivity index (χ1n) is 4.40. The summed E-state index contributed by atoms with van der Waals surface area (Å²) in [6, 6.07) is 4.02. The highest BCUT2D eigenvalue weighted by Gasteiger charge is 2.34. The lowest BCUT2D eigenvalue weighted by molar-refractivity contribution is -0.138. The van der Waals surface area contributed by atoms with Crippen LogP contribution in [-0.2, 0) is 11.0 Å². The van der Waals surface area contributed by atoms with Gasteiger partial charge < -0.3 is 5.11 Å². The molecule has 0 saturated heterocycles. The third kappa shape index (κ3) is 2.85. The number of carboxylic acid groups (broad SMARTS) is 1. The van der Waals surface area contributed by atoms with Crippen LogP contribution in [0.4, 0.5) is 13.2 Å². The molecular formula is C11H9F3O2. The SMILES string of the molecule is Cc1cccc(C=CC(=O)O)c1C(F)(F)F. The van der Waals surface area contributed by atoms with E-state index in [0.717, 1.165) is 6.08 Å². The average molecular weight is 230 g/mol. The highest BCUT2D eigenvalue weighted by Crippen LogP contribution is 2.34. The zero-order valence-corrected chi connectivity index (χ0v) is 8.38. The Kier molecular flexibility index (Phi) is 3.37. The molecule has 0 aliphatic heterocycles. The predicted molar refractivity (Wildman–Crippen MR) is 52.9 cm³/mol. The first-order valence-corrected chi connectivity index (χ1v) is 4.40. The number of hydrogen-bond acceptors (Lipinski definition) is 1. The van der Waals surface area contributed by atoms with Gasteiger partial charge in [-0.05, 0) is 24.1 Å². The number of alkyl halides is 3. The van der Waals surface area contributed by atoms with E-state index < -0.39 is 17.7 Å². The van der Waals surface area contributed by atoms with Gasteiger partial charge in [-0.25, -0.2) is 4.79 Å². The number of benzene rings is 1. The fraction of sp³-hybridized carbons (Fsp3) is 0.182. The molecule has 1 N–H and O–H groups in total. The molecule has 0 fully saturated rings. The second-order valence-corrected chi connectivity index (χ2v) is 3.21. The molecule has 0 saturated carbocycles. The van der Waals surface area contributed by atoms with Gasteiger partial charge in [0.25, 0.3) is 0 Å². The molecule has 5 heteroatoms. The van der Waals surface area contributed by atoms with Crippen LogP contribution in [0, 0.1) is 6.92 Å². The number of hydrogen-bond donors (Lipinski definition) is 1. The first kappa shape index (κ1) is 12.3. The summed E-state index contributed by atoms with van der Waals surface area (Å²) >= 11 is 0. The van der Waals surface area contributed by atoms with Crippen LogP contribution >= 0.6 is 0 Å². The number of halogens is 3. The van der Waals surface area contributed by atoms with E-state index in [1.807, 2.05) is 0 Å². The molecule has 86 valence electrons. The van der Waals surface area contributed by atoms with E-state index in [4.69, 9.17) is 5.11 Å². The number of aliphatic carboxylic acids is 1. The Morgan fingerprint density at radius 3 is 2.50 bits per heavy atom. The normalized spacial score (nSPS) is 12.0. The maximum absolute atomic E-state index is 12.7. The molecule has 1 aromatic carbocycles. The summed E-state index contributed by atoms with van der Waals surface area (Å²) in [5.74, 6) is -1.28. The van der Waals surface area contributed by atoms with Crippen molar-refractivity contribution in [3.05, 3.63) is 41.0 Å². The minimum Gasteiger partial charge on any atom is -0.478 e. The minimum absolute atomic E-state index is 0.0695. The molecule has 1 rings (SSSR count). The molecule has 0 aliphatic carbocycles. The summed E-state index contributed by atoms with van der Waals surface area (Å²) in [4.78, 5) is 10.3. The second-order valence-electron chi connectivity index (χ2n) is 3.21. The van der Waals surface area contributed by atoms with Crippen molar-refractivity contribution in [3.8, 4) is 0 Å². The summed E-state index contributed by atoms with van der Waals surface area (Å²) in [6.45, 7) is 1.33. The Labute approximate surface area is 90.0 Å². The molecule has 0 radical (unpaired) electrons. The predicted octanol–water partition coefficient (Wildman–Crippen LogP) is 3.11. The van der Waals surface area contributed by atoms with Crippen LogP contribution in [0.5, 0.6) is 0 Å². The van der Waals surface area contributed by atoms with E-state index in [9.17, 15) is 18.0 Å². The van der Waals surface area contributed by atoms with Gasteiger partial charge in [0.2, 0.25) is 0 Å². The standard InChI is InChI=1S/C11H9F3O2/c1-7-3-2-4-8(5-6-9(15)16)10(7)11(12,13)14/h2-6H,1H3,(H,15,16). The zero-order chi connectivity index (χ0) is 12.3. The molecule has 0 spiro atoms. The van der Waals surface area contributed by atoms with Crippen molar-refractivity contribution < 1.29 is 23.1 Å². The van der Waals surface area contributed by atoms with Crippen LogP contribution in [0.3, 0.4) is 0 Å².